The quantitative estimate of drug-likeness (QED) is 0.940. The number of hydrogen-bond donors (Lipinski definition) is 1. The third-order valence-corrected chi connectivity index (χ3v) is 4.67. The molecule has 2 aromatic rings. The predicted octanol–water partition coefficient (Wildman–Crippen LogP) is 2.06. The van der Waals surface area contributed by atoms with Gasteiger partial charge in [0.05, 0.1) is 6.04 Å². The van der Waals surface area contributed by atoms with E-state index in [1.54, 1.807) is 0 Å². The molecule has 1 aliphatic heterocycles. The molecule has 0 spiro atoms. The SMILES string of the molecule is CN1CCNCC1c1noc([C@@H]2C[C@H]2c2ccc(F)cc2)n1. The summed E-state index contributed by atoms with van der Waals surface area (Å²) in [6, 6.07) is 6.88. The molecule has 1 saturated carbocycles. The smallest absolute Gasteiger partial charge is 0.230 e. The Kier molecular flexibility index (Phi) is 3.43. The first-order chi connectivity index (χ1) is 10.7. The van der Waals surface area contributed by atoms with Crippen molar-refractivity contribution in [2.24, 2.45) is 0 Å². The number of nitrogens with one attached hydrogen (secondary N) is 1. The first-order valence-corrected chi connectivity index (χ1v) is 7.72. The monoisotopic (exact) mass is 302 g/mol. The van der Waals surface area contributed by atoms with Crippen LogP contribution < -0.4 is 5.32 Å². The van der Waals surface area contributed by atoms with Crippen LogP contribution in [0.4, 0.5) is 4.39 Å². The molecule has 2 heterocycles. The number of halogens is 1. The van der Waals surface area contributed by atoms with Gasteiger partial charge in [0.15, 0.2) is 5.82 Å². The molecule has 0 radical (unpaired) electrons. The van der Waals surface area contributed by atoms with Crippen molar-refractivity contribution in [3.8, 4) is 0 Å². The number of aromatic nitrogens is 2. The fourth-order valence-electron chi connectivity index (χ4n) is 3.17. The molecule has 2 aliphatic rings. The van der Waals surface area contributed by atoms with Crippen LogP contribution in [0.3, 0.4) is 0 Å². The second-order valence-corrected chi connectivity index (χ2v) is 6.19. The van der Waals surface area contributed by atoms with Crippen LogP contribution in [-0.2, 0) is 0 Å². The summed E-state index contributed by atoms with van der Waals surface area (Å²) in [7, 11) is 2.08. The van der Waals surface area contributed by atoms with Crippen LogP contribution in [0.5, 0.6) is 0 Å². The number of hydrogen-bond acceptors (Lipinski definition) is 5. The third kappa shape index (κ3) is 2.53. The zero-order chi connectivity index (χ0) is 15.1. The molecular formula is C16H19FN4O. The number of piperazine rings is 1. The number of benzene rings is 1. The Labute approximate surface area is 128 Å². The first-order valence-electron chi connectivity index (χ1n) is 7.72. The second kappa shape index (κ2) is 5.44. The van der Waals surface area contributed by atoms with Gasteiger partial charge in [0, 0.05) is 25.6 Å². The highest BCUT2D eigenvalue weighted by Crippen LogP contribution is 2.54. The fraction of sp³-hybridized carbons (Fsp3) is 0.500. The maximum absolute atomic E-state index is 13.0. The highest BCUT2D eigenvalue weighted by atomic mass is 19.1. The topological polar surface area (TPSA) is 54.2 Å². The lowest BCUT2D eigenvalue weighted by molar-refractivity contribution is 0.190. The molecule has 5 nitrogen and oxygen atoms in total. The summed E-state index contributed by atoms with van der Waals surface area (Å²) in [4.78, 5) is 6.85. The summed E-state index contributed by atoms with van der Waals surface area (Å²) in [6.45, 7) is 2.82. The molecule has 1 aromatic heterocycles. The van der Waals surface area contributed by atoms with E-state index in [-0.39, 0.29) is 17.8 Å². The molecule has 22 heavy (non-hydrogen) atoms. The summed E-state index contributed by atoms with van der Waals surface area (Å²) >= 11 is 0. The van der Waals surface area contributed by atoms with Crippen LogP contribution in [0.2, 0.25) is 0 Å². The molecule has 1 aliphatic carbocycles. The van der Waals surface area contributed by atoms with E-state index in [0.717, 1.165) is 37.4 Å². The van der Waals surface area contributed by atoms with E-state index in [9.17, 15) is 4.39 Å². The second-order valence-electron chi connectivity index (χ2n) is 6.19. The van der Waals surface area contributed by atoms with E-state index in [4.69, 9.17) is 4.52 Å². The normalized spacial score (nSPS) is 28.7. The minimum absolute atomic E-state index is 0.175. The maximum Gasteiger partial charge on any atom is 0.230 e. The Hall–Kier alpha value is -1.79. The van der Waals surface area contributed by atoms with Crippen molar-refractivity contribution in [1.82, 2.24) is 20.4 Å². The Morgan fingerprint density at radius 2 is 2.09 bits per heavy atom. The van der Waals surface area contributed by atoms with Gasteiger partial charge in [-0.15, -0.1) is 0 Å². The molecule has 6 heteroatoms. The van der Waals surface area contributed by atoms with E-state index in [2.05, 4.69) is 27.4 Å². The van der Waals surface area contributed by atoms with Crippen molar-refractivity contribution in [2.75, 3.05) is 26.7 Å². The molecular weight excluding hydrogens is 283 g/mol. The molecule has 116 valence electrons. The Morgan fingerprint density at radius 3 is 2.86 bits per heavy atom. The standard InChI is InChI=1S/C16H19FN4O/c1-21-7-6-18-9-14(21)15-19-16(22-20-15)13-8-12(13)10-2-4-11(17)5-3-10/h2-5,12-14,18H,6-9H2,1H3/t12-,13+,14?/m0/s1. The van der Waals surface area contributed by atoms with Crippen LogP contribution in [0.15, 0.2) is 28.8 Å². The fourth-order valence-corrected chi connectivity index (χ4v) is 3.17. The lowest BCUT2D eigenvalue weighted by Crippen LogP contribution is -2.44. The van der Waals surface area contributed by atoms with E-state index in [1.165, 1.54) is 12.1 Å². The number of rotatable bonds is 3. The van der Waals surface area contributed by atoms with Gasteiger partial charge in [0.25, 0.3) is 0 Å². The van der Waals surface area contributed by atoms with Crippen molar-refractivity contribution >= 4 is 0 Å². The third-order valence-electron chi connectivity index (χ3n) is 4.67. The lowest BCUT2D eigenvalue weighted by atomic mass is 10.1. The van der Waals surface area contributed by atoms with Gasteiger partial charge in [-0.3, -0.25) is 4.90 Å². The summed E-state index contributed by atoms with van der Waals surface area (Å²) in [5, 5.41) is 7.52. The van der Waals surface area contributed by atoms with Gasteiger partial charge >= 0.3 is 0 Å². The van der Waals surface area contributed by atoms with Gasteiger partial charge in [0.1, 0.15) is 5.82 Å². The van der Waals surface area contributed by atoms with E-state index in [0.29, 0.717) is 11.8 Å². The minimum Gasteiger partial charge on any atom is -0.339 e. The summed E-state index contributed by atoms with van der Waals surface area (Å²) in [5.74, 6) is 1.91. The Morgan fingerprint density at radius 1 is 1.27 bits per heavy atom. The van der Waals surface area contributed by atoms with Crippen LogP contribution in [0.1, 0.15) is 41.6 Å². The van der Waals surface area contributed by atoms with Crippen LogP contribution >= 0.6 is 0 Å². The zero-order valence-electron chi connectivity index (χ0n) is 12.5. The molecule has 1 aromatic carbocycles. The van der Waals surface area contributed by atoms with Crippen molar-refractivity contribution in [1.29, 1.82) is 0 Å². The highest BCUT2D eigenvalue weighted by Gasteiger charge is 2.44. The number of likely N-dealkylation sites (N-methyl/N-ethyl adjacent to an activating group) is 1. The number of nitrogens with zero attached hydrogens (tertiary/aromatic N) is 3. The highest BCUT2D eigenvalue weighted by molar-refractivity contribution is 5.30. The molecule has 0 amide bonds. The van der Waals surface area contributed by atoms with Crippen LogP contribution in [0, 0.1) is 5.82 Å². The van der Waals surface area contributed by atoms with Gasteiger partial charge in [0.2, 0.25) is 5.89 Å². The summed E-state index contributed by atoms with van der Waals surface area (Å²) < 4.78 is 18.5. The predicted molar refractivity (Wildman–Crippen MR) is 79.0 cm³/mol. The van der Waals surface area contributed by atoms with Gasteiger partial charge in [-0.2, -0.15) is 4.98 Å². The molecule has 4 rings (SSSR count). The van der Waals surface area contributed by atoms with Gasteiger partial charge in [-0.05, 0) is 37.1 Å². The Balaban J connectivity index is 1.47. The average molecular weight is 302 g/mol. The van der Waals surface area contributed by atoms with Crippen molar-refractivity contribution < 1.29 is 8.91 Å². The van der Waals surface area contributed by atoms with E-state index in [1.807, 2.05) is 12.1 Å². The molecule has 1 N–H and O–H groups in total. The molecule has 0 bridgehead atoms. The lowest BCUT2D eigenvalue weighted by Gasteiger charge is -2.30. The van der Waals surface area contributed by atoms with Gasteiger partial charge in [-0.25, -0.2) is 4.39 Å². The molecule has 1 saturated heterocycles. The van der Waals surface area contributed by atoms with Crippen molar-refractivity contribution in [2.45, 2.75) is 24.3 Å². The minimum atomic E-state index is -0.200. The molecule has 1 unspecified atom stereocenters. The average Bonchev–Trinajstić information content (AvgIpc) is 3.18. The maximum atomic E-state index is 13.0. The van der Waals surface area contributed by atoms with E-state index < -0.39 is 0 Å². The van der Waals surface area contributed by atoms with Gasteiger partial charge < -0.3 is 9.84 Å². The van der Waals surface area contributed by atoms with E-state index >= 15 is 0 Å². The summed E-state index contributed by atoms with van der Waals surface area (Å²) in [6.07, 6.45) is 0.992. The van der Waals surface area contributed by atoms with Crippen LogP contribution in [0.25, 0.3) is 0 Å². The summed E-state index contributed by atoms with van der Waals surface area (Å²) in [5.41, 5.74) is 1.14. The molecule has 3 atom stereocenters. The molecule has 2 fully saturated rings. The van der Waals surface area contributed by atoms with Crippen molar-refractivity contribution in [3.05, 3.63) is 47.4 Å². The first kappa shape index (κ1) is 13.8. The largest absolute Gasteiger partial charge is 0.339 e. The van der Waals surface area contributed by atoms with Gasteiger partial charge in [-0.1, -0.05) is 17.3 Å². The Bertz CT molecular complexity index is 656. The van der Waals surface area contributed by atoms with Crippen molar-refractivity contribution in [3.63, 3.8) is 0 Å². The van der Waals surface area contributed by atoms with Crippen LogP contribution in [-0.4, -0.2) is 41.7 Å². The zero-order valence-corrected chi connectivity index (χ0v) is 12.5.